The molecule has 0 aliphatic rings. The zero-order valence-electron chi connectivity index (χ0n) is 14.3. The van der Waals surface area contributed by atoms with Gasteiger partial charge in [0.1, 0.15) is 5.82 Å². The van der Waals surface area contributed by atoms with Crippen molar-refractivity contribution in [2.75, 3.05) is 25.0 Å². The third-order valence-electron chi connectivity index (χ3n) is 3.45. The Morgan fingerprint density at radius 1 is 1.26 bits per heavy atom. The lowest BCUT2D eigenvalue weighted by Gasteiger charge is -2.13. The van der Waals surface area contributed by atoms with Gasteiger partial charge < -0.3 is 15.2 Å². The van der Waals surface area contributed by atoms with Gasteiger partial charge in [0.05, 0.1) is 28.3 Å². The maximum absolute atomic E-state index is 13.0. The molecule has 146 valence electrons. The number of anilines is 1. The van der Waals surface area contributed by atoms with Gasteiger partial charge in [-0.15, -0.1) is 0 Å². The molecule has 1 unspecified atom stereocenters. The van der Waals surface area contributed by atoms with Crippen molar-refractivity contribution in [2.45, 2.75) is 11.0 Å². The van der Waals surface area contributed by atoms with Gasteiger partial charge >= 0.3 is 0 Å². The first kappa shape index (κ1) is 21.1. The zero-order chi connectivity index (χ0) is 20.0. The minimum Gasteiger partial charge on any atom is -0.389 e. The number of aliphatic hydroxyl groups excluding tert-OH is 1. The summed E-state index contributed by atoms with van der Waals surface area (Å²) in [6.07, 6.45) is -0.873. The highest BCUT2D eigenvalue weighted by Crippen LogP contribution is 2.26. The molecule has 2 aromatic carbocycles. The average molecular weight is 417 g/mol. The molecule has 0 saturated heterocycles. The van der Waals surface area contributed by atoms with E-state index in [0.717, 1.165) is 24.3 Å². The third-order valence-corrected chi connectivity index (χ3v) is 5.17. The summed E-state index contributed by atoms with van der Waals surface area (Å²) in [5, 5.41) is 12.1. The van der Waals surface area contributed by atoms with Gasteiger partial charge in [-0.25, -0.2) is 12.8 Å². The number of hydrogen-bond acceptors (Lipinski definition) is 5. The predicted octanol–water partition coefficient (Wildman–Crippen LogP) is 2.02. The van der Waals surface area contributed by atoms with E-state index in [-0.39, 0.29) is 34.3 Å². The smallest absolute Gasteiger partial charge is 0.261 e. The maximum Gasteiger partial charge on any atom is 0.261 e. The molecule has 0 aromatic heterocycles. The number of aliphatic hydroxyl groups is 1. The van der Waals surface area contributed by atoms with Gasteiger partial charge in [0.15, 0.2) is 0 Å². The predicted molar refractivity (Wildman–Crippen MR) is 98.9 cm³/mol. The molecule has 0 heterocycles. The molecule has 0 saturated carbocycles. The van der Waals surface area contributed by atoms with Gasteiger partial charge in [0.2, 0.25) is 0 Å². The third kappa shape index (κ3) is 5.90. The summed E-state index contributed by atoms with van der Waals surface area (Å²) in [5.41, 5.74) is 0.131. The summed E-state index contributed by atoms with van der Waals surface area (Å²) < 4.78 is 44.8. The van der Waals surface area contributed by atoms with Crippen LogP contribution in [0.4, 0.5) is 10.1 Å². The molecule has 7 nitrogen and oxygen atoms in total. The number of hydrogen-bond donors (Lipinski definition) is 3. The Bertz CT molecular complexity index is 906. The molecule has 27 heavy (non-hydrogen) atoms. The average Bonchev–Trinajstić information content (AvgIpc) is 2.62. The van der Waals surface area contributed by atoms with Gasteiger partial charge in [-0.1, -0.05) is 11.6 Å². The molecule has 0 bridgehead atoms. The number of sulfonamides is 1. The van der Waals surface area contributed by atoms with Crippen molar-refractivity contribution in [1.82, 2.24) is 5.32 Å². The van der Waals surface area contributed by atoms with Crippen molar-refractivity contribution < 1.29 is 27.4 Å². The van der Waals surface area contributed by atoms with Crippen LogP contribution in [0.15, 0.2) is 47.4 Å². The second kappa shape index (κ2) is 9.14. The van der Waals surface area contributed by atoms with E-state index in [1.165, 1.54) is 25.3 Å². The van der Waals surface area contributed by atoms with Crippen LogP contribution in [-0.4, -0.2) is 45.8 Å². The quantitative estimate of drug-likeness (QED) is 0.610. The number of benzene rings is 2. The lowest BCUT2D eigenvalue weighted by Crippen LogP contribution is -2.34. The first-order valence-electron chi connectivity index (χ1n) is 7.76. The fourth-order valence-corrected chi connectivity index (χ4v) is 3.42. The molecule has 0 aliphatic carbocycles. The Balaban J connectivity index is 2.17. The number of carbonyl (C=O) groups excluding carboxylic acids is 1. The molecular weight excluding hydrogens is 399 g/mol. The summed E-state index contributed by atoms with van der Waals surface area (Å²) in [6.45, 7) is 0.0234. The van der Waals surface area contributed by atoms with Gasteiger partial charge in [-0.05, 0) is 42.5 Å². The van der Waals surface area contributed by atoms with Crippen LogP contribution in [0, 0.1) is 5.82 Å². The van der Waals surface area contributed by atoms with Crippen LogP contribution >= 0.6 is 11.6 Å². The van der Waals surface area contributed by atoms with E-state index in [1.807, 2.05) is 0 Å². The van der Waals surface area contributed by atoms with E-state index in [1.54, 1.807) is 0 Å². The van der Waals surface area contributed by atoms with Crippen LogP contribution in [-0.2, 0) is 14.8 Å². The molecule has 2 rings (SSSR count). The Morgan fingerprint density at radius 2 is 1.93 bits per heavy atom. The summed E-state index contributed by atoms with van der Waals surface area (Å²) >= 11 is 6.01. The highest BCUT2D eigenvalue weighted by atomic mass is 35.5. The number of rotatable bonds is 8. The molecule has 3 N–H and O–H groups in total. The van der Waals surface area contributed by atoms with Gasteiger partial charge in [0.25, 0.3) is 15.9 Å². The van der Waals surface area contributed by atoms with Crippen LogP contribution in [0.1, 0.15) is 10.4 Å². The van der Waals surface area contributed by atoms with Crippen LogP contribution in [0.3, 0.4) is 0 Å². The van der Waals surface area contributed by atoms with Gasteiger partial charge in [-0.2, -0.15) is 0 Å². The largest absolute Gasteiger partial charge is 0.389 e. The fraction of sp³-hybridized carbons (Fsp3) is 0.235. The molecule has 0 spiro atoms. The van der Waals surface area contributed by atoms with Gasteiger partial charge in [0, 0.05) is 19.2 Å². The normalized spacial score (nSPS) is 12.4. The van der Waals surface area contributed by atoms with E-state index in [2.05, 4.69) is 10.0 Å². The number of ether oxygens (including phenoxy) is 1. The highest BCUT2D eigenvalue weighted by molar-refractivity contribution is 7.92. The molecule has 0 aliphatic heterocycles. The van der Waals surface area contributed by atoms with E-state index in [4.69, 9.17) is 16.3 Å². The van der Waals surface area contributed by atoms with Crippen LogP contribution in [0.2, 0.25) is 5.02 Å². The standard InChI is InChI=1S/C17H18ClFN2O5S/c1-26-10-13(22)9-20-17(23)11-2-7-15(18)16(8-11)21-27(24,25)14-5-3-12(19)4-6-14/h2-8,13,21-22H,9-10H2,1H3,(H,20,23). The van der Waals surface area contributed by atoms with E-state index < -0.39 is 27.9 Å². The fourth-order valence-electron chi connectivity index (χ4n) is 2.13. The number of amides is 1. The van der Waals surface area contributed by atoms with E-state index in [9.17, 15) is 22.7 Å². The minimum absolute atomic E-state index is 0.00826. The van der Waals surface area contributed by atoms with Crippen molar-refractivity contribution in [1.29, 1.82) is 0 Å². The van der Waals surface area contributed by atoms with Crippen LogP contribution in [0.25, 0.3) is 0 Å². The second-order valence-corrected chi connectivity index (χ2v) is 7.66. The SMILES string of the molecule is COCC(O)CNC(=O)c1ccc(Cl)c(NS(=O)(=O)c2ccc(F)cc2)c1. The van der Waals surface area contributed by atoms with E-state index >= 15 is 0 Å². The molecule has 1 atom stereocenters. The molecule has 2 aromatic rings. The summed E-state index contributed by atoms with van der Waals surface area (Å²) in [7, 11) is -2.60. The summed E-state index contributed by atoms with van der Waals surface area (Å²) in [5.74, 6) is -1.09. The van der Waals surface area contributed by atoms with Crippen LogP contribution in [0.5, 0.6) is 0 Å². The molecular formula is C17H18ClFN2O5S. The zero-order valence-corrected chi connectivity index (χ0v) is 15.8. The number of nitrogens with one attached hydrogen (secondary N) is 2. The maximum atomic E-state index is 13.0. The lowest BCUT2D eigenvalue weighted by atomic mass is 10.2. The summed E-state index contributed by atoms with van der Waals surface area (Å²) in [4.78, 5) is 12.0. The number of carbonyl (C=O) groups is 1. The second-order valence-electron chi connectivity index (χ2n) is 5.57. The Kier molecular flexibility index (Phi) is 7.14. The van der Waals surface area contributed by atoms with Crippen molar-refractivity contribution >= 4 is 33.2 Å². The topological polar surface area (TPSA) is 105 Å². The Labute approximate surface area is 161 Å². The highest BCUT2D eigenvalue weighted by Gasteiger charge is 2.18. The number of methoxy groups -OCH3 is 1. The van der Waals surface area contributed by atoms with Crippen LogP contribution < -0.4 is 10.0 Å². The lowest BCUT2D eigenvalue weighted by molar-refractivity contribution is 0.0610. The van der Waals surface area contributed by atoms with Crippen molar-refractivity contribution in [3.8, 4) is 0 Å². The minimum atomic E-state index is -4.02. The molecule has 0 radical (unpaired) electrons. The first-order chi connectivity index (χ1) is 12.7. The van der Waals surface area contributed by atoms with Crippen molar-refractivity contribution in [3.05, 3.63) is 58.9 Å². The Hall–Kier alpha value is -2.20. The summed E-state index contributed by atoms with van der Waals surface area (Å²) in [6, 6.07) is 8.30. The molecule has 0 fully saturated rings. The Morgan fingerprint density at radius 3 is 2.56 bits per heavy atom. The van der Waals surface area contributed by atoms with Crippen molar-refractivity contribution in [2.24, 2.45) is 0 Å². The molecule has 10 heteroatoms. The van der Waals surface area contributed by atoms with Crippen molar-refractivity contribution in [3.63, 3.8) is 0 Å². The molecule has 1 amide bonds. The van der Waals surface area contributed by atoms with E-state index in [0.29, 0.717) is 0 Å². The monoisotopic (exact) mass is 416 g/mol. The number of halogens is 2. The first-order valence-corrected chi connectivity index (χ1v) is 9.62. The van der Waals surface area contributed by atoms with Gasteiger partial charge in [-0.3, -0.25) is 9.52 Å².